The molecule has 0 spiro atoms. The van der Waals surface area contributed by atoms with Crippen molar-refractivity contribution in [3.63, 3.8) is 0 Å². The fourth-order valence-electron chi connectivity index (χ4n) is 2.24. The average Bonchev–Trinajstić information content (AvgIpc) is 2.96. The molecule has 0 aliphatic carbocycles. The highest BCUT2D eigenvalue weighted by atomic mass is 16.5. The van der Waals surface area contributed by atoms with Gasteiger partial charge in [-0.2, -0.15) is 5.26 Å². The molecule has 2 aromatic rings. The quantitative estimate of drug-likeness (QED) is 0.851. The van der Waals surface area contributed by atoms with Crippen molar-refractivity contribution in [2.24, 2.45) is 0 Å². The second kappa shape index (κ2) is 6.52. The summed E-state index contributed by atoms with van der Waals surface area (Å²) in [6, 6.07) is 7.24. The maximum absolute atomic E-state index is 8.90. The number of hydrogen-bond acceptors (Lipinski definition) is 4. The van der Waals surface area contributed by atoms with E-state index in [0.29, 0.717) is 30.2 Å². The maximum Gasteiger partial charge on any atom is 0.162 e. The molecule has 0 saturated carbocycles. The Hall–Kier alpha value is -2.48. The maximum atomic E-state index is 8.90. The van der Waals surface area contributed by atoms with Crippen LogP contribution in [0.15, 0.2) is 30.6 Å². The van der Waals surface area contributed by atoms with Crippen LogP contribution < -0.4 is 9.47 Å². The second-order valence-electron chi connectivity index (χ2n) is 6.02. The van der Waals surface area contributed by atoms with Crippen LogP contribution in [0.1, 0.15) is 32.2 Å². The molecule has 5 heteroatoms. The van der Waals surface area contributed by atoms with Gasteiger partial charge in [-0.15, -0.1) is 0 Å². The minimum Gasteiger partial charge on any atom is -0.493 e. The van der Waals surface area contributed by atoms with Gasteiger partial charge in [0.2, 0.25) is 0 Å². The number of aromatic nitrogens is 2. The van der Waals surface area contributed by atoms with Gasteiger partial charge < -0.3 is 14.0 Å². The van der Waals surface area contributed by atoms with Crippen LogP contribution in [0.25, 0.3) is 0 Å². The second-order valence-corrected chi connectivity index (χ2v) is 6.02. The largest absolute Gasteiger partial charge is 0.493 e. The molecule has 0 aliphatic rings. The van der Waals surface area contributed by atoms with Crippen molar-refractivity contribution in [3.8, 4) is 17.6 Å². The topological polar surface area (TPSA) is 60.1 Å². The Labute approximate surface area is 131 Å². The summed E-state index contributed by atoms with van der Waals surface area (Å²) in [5.41, 5.74) is 0.546. The van der Waals surface area contributed by atoms with Crippen molar-refractivity contribution >= 4 is 0 Å². The first-order valence-electron chi connectivity index (χ1n) is 7.18. The summed E-state index contributed by atoms with van der Waals surface area (Å²) in [5.74, 6) is 2.24. The lowest BCUT2D eigenvalue weighted by Gasteiger charge is -2.20. The number of imidazole rings is 1. The Morgan fingerprint density at radius 1 is 1.27 bits per heavy atom. The van der Waals surface area contributed by atoms with Gasteiger partial charge in [0, 0.05) is 23.9 Å². The Kier molecular flexibility index (Phi) is 4.71. The van der Waals surface area contributed by atoms with Crippen LogP contribution in [0.3, 0.4) is 0 Å². The molecule has 0 bridgehead atoms. The molecule has 0 fully saturated rings. The zero-order valence-corrected chi connectivity index (χ0v) is 13.5. The Morgan fingerprint density at radius 3 is 2.68 bits per heavy atom. The molecule has 0 N–H and O–H groups in total. The molecule has 0 amide bonds. The number of nitrogens with zero attached hydrogens (tertiary/aromatic N) is 3. The van der Waals surface area contributed by atoms with E-state index in [1.807, 2.05) is 12.4 Å². The van der Waals surface area contributed by atoms with Crippen molar-refractivity contribution in [2.45, 2.75) is 32.7 Å². The lowest BCUT2D eigenvalue weighted by atomic mass is 9.96. The van der Waals surface area contributed by atoms with Crippen LogP contribution >= 0.6 is 0 Å². The standard InChI is InChI=1S/C17H21N3O2/c1-17(2,3)16-19-7-8-20(16)9-10-22-14-6-5-13(12-18)11-15(14)21-4/h5-8,11H,9-10H2,1-4H3. The summed E-state index contributed by atoms with van der Waals surface area (Å²) in [5, 5.41) is 8.90. The van der Waals surface area contributed by atoms with E-state index in [9.17, 15) is 0 Å². The fraction of sp³-hybridized carbons (Fsp3) is 0.412. The molecule has 2 rings (SSSR count). The van der Waals surface area contributed by atoms with Gasteiger partial charge in [0.1, 0.15) is 12.4 Å². The van der Waals surface area contributed by atoms with Gasteiger partial charge >= 0.3 is 0 Å². The molecule has 1 aromatic heterocycles. The molecule has 0 atom stereocenters. The first-order chi connectivity index (χ1) is 10.5. The minimum absolute atomic E-state index is 0.00433. The number of nitriles is 1. The molecule has 22 heavy (non-hydrogen) atoms. The summed E-state index contributed by atoms with van der Waals surface area (Å²) in [6.07, 6.45) is 3.77. The van der Waals surface area contributed by atoms with Gasteiger partial charge in [-0.25, -0.2) is 4.98 Å². The lowest BCUT2D eigenvalue weighted by Crippen LogP contribution is -2.20. The number of methoxy groups -OCH3 is 1. The van der Waals surface area contributed by atoms with E-state index in [-0.39, 0.29) is 5.41 Å². The average molecular weight is 299 g/mol. The normalized spacial score (nSPS) is 11.0. The van der Waals surface area contributed by atoms with Crippen LogP contribution in [0.4, 0.5) is 0 Å². The first kappa shape index (κ1) is 15.9. The summed E-state index contributed by atoms with van der Waals surface area (Å²) in [4.78, 5) is 4.42. The van der Waals surface area contributed by atoms with Crippen molar-refractivity contribution in [1.82, 2.24) is 9.55 Å². The Bertz CT molecular complexity index is 678. The number of benzene rings is 1. The zero-order chi connectivity index (χ0) is 16.2. The van der Waals surface area contributed by atoms with Crippen molar-refractivity contribution in [2.75, 3.05) is 13.7 Å². The monoisotopic (exact) mass is 299 g/mol. The predicted octanol–water partition coefficient (Wildman–Crippen LogP) is 3.14. The molecular weight excluding hydrogens is 278 g/mol. The van der Waals surface area contributed by atoms with Gasteiger partial charge in [0.05, 0.1) is 25.3 Å². The van der Waals surface area contributed by atoms with E-state index in [4.69, 9.17) is 14.7 Å². The van der Waals surface area contributed by atoms with E-state index >= 15 is 0 Å². The minimum atomic E-state index is -0.00433. The fourth-order valence-corrected chi connectivity index (χ4v) is 2.24. The van der Waals surface area contributed by atoms with Crippen LogP contribution in [0.2, 0.25) is 0 Å². The SMILES string of the molecule is COc1cc(C#N)ccc1OCCn1ccnc1C(C)(C)C. The van der Waals surface area contributed by atoms with Gasteiger partial charge in [-0.1, -0.05) is 20.8 Å². The number of hydrogen-bond donors (Lipinski definition) is 0. The predicted molar refractivity (Wildman–Crippen MR) is 84.1 cm³/mol. The zero-order valence-electron chi connectivity index (χ0n) is 13.5. The number of rotatable bonds is 5. The van der Waals surface area contributed by atoms with E-state index < -0.39 is 0 Å². The van der Waals surface area contributed by atoms with Crippen molar-refractivity contribution in [1.29, 1.82) is 5.26 Å². The molecule has 1 heterocycles. The van der Waals surface area contributed by atoms with Crippen LogP contribution in [-0.2, 0) is 12.0 Å². The first-order valence-corrected chi connectivity index (χ1v) is 7.18. The number of ether oxygens (including phenoxy) is 2. The summed E-state index contributed by atoms with van der Waals surface area (Å²) < 4.78 is 13.1. The molecule has 0 unspecified atom stereocenters. The molecular formula is C17H21N3O2. The third-order valence-electron chi connectivity index (χ3n) is 3.27. The van der Waals surface area contributed by atoms with Gasteiger partial charge in [0.25, 0.3) is 0 Å². The van der Waals surface area contributed by atoms with Gasteiger partial charge in [-0.3, -0.25) is 0 Å². The molecule has 1 aromatic carbocycles. The molecule has 0 saturated heterocycles. The third-order valence-corrected chi connectivity index (χ3v) is 3.27. The molecule has 0 radical (unpaired) electrons. The Balaban J connectivity index is 2.03. The van der Waals surface area contributed by atoms with E-state index in [1.54, 1.807) is 25.3 Å². The molecule has 5 nitrogen and oxygen atoms in total. The third kappa shape index (κ3) is 3.59. The highest BCUT2D eigenvalue weighted by Crippen LogP contribution is 2.28. The smallest absolute Gasteiger partial charge is 0.162 e. The van der Waals surface area contributed by atoms with E-state index in [0.717, 1.165) is 5.82 Å². The highest BCUT2D eigenvalue weighted by Gasteiger charge is 2.19. The molecule has 116 valence electrons. The van der Waals surface area contributed by atoms with Crippen molar-refractivity contribution in [3.05, 3.63) is 42.0 Å². The summed E-state index contributed by atoms with van der Waals surface area (Å²) >= 11 is 0. The molecule has 0 aliphatic heterocycles. The summed E-state index contributed by atoms with van der Waals surface area (Å²) in [7, 11) is 1.57. The summed E-state index contributed by atoms with van der Waals surface area (Å²) in [6.45, 7) is 7.61. The van der Waals surface area contributed by atoms with Crippen LogP contribution in [-0.4, -0.2) is 23.3 Å². The van der Waals surface area contributed by atoms with Crippen LogP contribution in [0.5, 0.6) is 11.5 Å². The Morgan fingerprint density at radius 2 is 2.05 bits per heavy atom. The van der Waals surface area contributed by atoms with Gasteiger partial charge in [-0.05, 0) is 12.1 Å². The van der Waals surface area contributed by atoms with Crippen molar-refractivity contribution < 1.29 is 9.47 Å². The van der Waals surface area contributed by atoms with E-state index in [1.165, 1.54) is 0 Å². The highest BCUT2D eigenvalue weighted by molar-refractivity contribution is 5.46. The van der Waals surface area contributed by atoms with Gasteiger partial charge in [0.15, 0.2) is 11.5 Å². The van der Waals surface area contributed by atoms with Crippen LogP contribution in [0, 0.1) is 11.3 Å². The van der Waals surface area contributed by atoms with E-state index in [2.05, 4.69) is 36.4 Å². The lowest BCUT2D eigenvalue weighted by molar-refractivity contribution is 0.275.